The van der Waals surface area contributed by atoms with Gasteiger partial charge in [0.25, 0.3) is 0 Å². The Bertz CT molecular complexity index is 1350. The maximum Gasteiger partial charge on any atom is 0.246 e. The van der Waals surface area contributed by atoms with Crippen molar-refractivity contribution >= 4 is 38.9 Å². The van der Waals surface area contributed by atoms with E-state index in [4.69, 9.17) is 4.42 Å². The van der Waals surface area contributed by atoms with Gasteiger partial charge in [0.1, 0.15) is 11.8 Å². The van der Waals surface area contributed by atoms with Crippen LogP contribution in [0.2, 0.25) is 0 Å². The molecule has 186 valence electrons. The number of nitrogens with zero attached hydrogens (tertiary/aromatic N) is 1. The Kier molecular flexibility index (Phi) is 7.99. The second-order valence-electron chi connectivity index (χ2n) is 8.02. The molecule has 36 heavy (non-hydrogen) atoms. The summed E-state index contributed by atoms with van der Waals surface area (Å²) >= 11 is 1.51. The van der Waals surface area contributed by atoms with E-state index in [1.54, 1.807) is 47.4 Å². The number of benzene rings is 2. The summed E-state index contributed by atoms with van der Waals surface area (Å²) in [6, 6.07) is 20.6. The molecule has 0 bridgehead atoms. The van der Waals surface area contributed by atoms with Crippen LogP contribution in [-0.2, 0) is 32.7 Å². The molecule has 0 aliphatic heterocycles. The van der Waals surface area contributed by atoms with Crippen LogP contribution in [0.4, 0.5) is 5.69 Å². The van der Waals surface area contributed by atoms with Gasteiger partial charge < -0.3 is 14.6 Å². The van der Waals surface area contributed by atoms with Gasteiger partial charge in [-0.3, -0.25) is 9.59 Å². The van der Waals surface area contributed by atoms with Crippen LogP contribution < -0.4 is 10.0 Å². The number of carbonyl (C=O) groups excluding carboxylic acids is 2. The predicted molar refractivity (Wildman–Crippen MR) is 138 cm³/mol. The quantitative estimate of drug-likeness (QED) is 0.317. The molecule has 10 heteroatoms. The molecule has 4 rings (SSSR count). The van der Waals surface area contributed by atoms with Gasteiger partial charge in [-0.15, -0.1) is 11.3 Å². The van der Waals surface area contributed by atoms with Gasteiger partial charge in [0, 0.05) is 17.5 Å². The number of sulfonamides is 1. The number of thiophene rings is 1. The van der Waals surface area contributed by atoms with Gasteiger partial charge in [-0.1, -0.05) is 36.4 Å². The van der Waals surface area contributed by atoms with E-state index >= 15 is 0 Å². The van der Waals surface area contributed by atoms with Gasteiger partial charge in [0.2, 0.25) is 21.8 Å². The average molecular weight is 524 g/mol. The number of carbonyl (C=O) groups is 2. The maximum atomic E-state index is 13.9. The Morgan fingerprint density at radius 3 is 2.31 bits per heavy atom. The number of hydrogen-bond donors (Lipinski definition) is 2. The Hall–Kier alpha value is -3.73. The molecule has 0 radical (unpaired) electrons. The molecule has 0 aliphatic rings. The molecule has 2 N–H and O–H groups in total. The first kappa shape index (κ1) is 25.4. The van der Waals surface area contributed by atoms with Crippen LogP contribution in [0.1, 0.15) is 29.2 Å². The van der Waals surface area contributed by atoms with Gasteiger partial charge >= 0.3 is 0 Å². The summed E-state index contributed by atoms with van der Waals surface area (Å²) in [6.07, 6.45) is 1.53. The molecule has 0 saturated carbocycles. The van der Waals surface area contributed by atoms with Crippen molar-refractivity contribution in [3.05, 3.63) is 107 Å². The Morgan fingerprint density at radius 1 is 0.944 bits per heavy atom. The van der Waals surface area contributed by atoms with Crippen molar-refractivity contribution in [3.8, 4) is 0 Å². The molecule has 0 unspecified atom stereocenters. The summed E-state index contributed by atoms with van der Waals surface area (Å²) in [7, 11) is -4.09. The number of nitrogens with one attached hydrogen (secondary N) is 2. The molecular formula is C26H25N3O5S2. The molecule has 0 aliphatic carbocycles. The third-order valence-corrected chi connectivity index (χ3v) is 7.60. The van der Waals surface area contributed by atoms with Crippen molar-refractivity contribution in [1.29, 1.82) is 0 Å². The van der Waals surface area contributed by atoms with Crippen LogP contribution in [0.15, 0.2) is 99.8 Å². The Balaban J connectivity index is 1.65. The van der Waals surface area contributed by atoms with Gasteiger partial charge in [-0.05, 0) is 53.4 Å². The zero-order valence-corrected chi connectivity index (χ0v) is 21.1. The number of furan rings is 1. The summed E-state index contributed by atoms with van der Waals surface area (Å²) < 4.78 is 34.7. The third kappa shape index (κ3) is 6.48. The van der Waals surface area contributed by atoms with Crippen LogP contribution in [0.5, 0.6) is 0 Å². The van der Waals surface area contributed by atoms with E-state index < -0.39 is 22.0 Å². The maximum absolute atomic E-state index is 13.9. The van der Waals surface area contributed by atoms with Crippen LogP contribution in [0.3, 0.4) is 0 Å². The minimum Gasteiger partial charge on any atom is -0.467 e. The number of anilines is 1. The molecule has 0 saturated heterocycles. The normalized spacial score (nSPS) is 12.1. The van der Waals surface area contributed by atoms with Gasteiger partial charge in [0.15, 0.2) is 0 Å². The first-order chi connectivity index (χ1) is 17.3. The molecule has 4 aromatic rings. The topological polar surface area (TPSA) is 109 Å². The molecule has 0 fully saturated rings. The predicted octanol–water partition coefficient (Wildman–Crippen LogP) is 4.55. The van der Waals surface area contributed by atoms with Crippen LogP contribution in [-0.4, -0.2) is 25.1 Å². The lowest BCUT2D eigenvalue weighted by Gasteiger charge is -2.27. The summed E-state index contributed by atoms with van der Waals surface area (Å²) in [5.74, 6) is -0.0894. The first-order valence-corrected chi connectivity index (χ1v) is 13.5. The standard InChI is InChI=1S/C26H25N3O5S2/c1-19(30)27-21-11-13-24(14-12-21)36(32,33)28-25(20-7-3-2-4-8-20)26(31)29(17-22-9-5-15-34-22)18-23-10-6-16-35-23/h2-16,25,28H,17-18H2,1H3,(H,27,30)/t25-/m0/s1. The van der Waals surface area contributed by atoms with Crippen molar-refractivity contribution < 1.29 is 22.4 Å². The highest BCUT2D eigenvalue weighted by Crippen LogP contribution is 2.24. The molecule has 2 aromatic carbocycles. The summed E-state index contributed by atoms with van der Waals surface area (Å²) in [5.41, 5.74) is 0.981. The van der Waals surface area contributed by atoms with Gasteiger partial charge in [0.05, 0.1) is 24.2 Å². The third-order valence-electron chi connectivity index (χ3n) is 5.30. The van der Waals surface area contributed by atoms with Crippen molar-refractivity contribution in [1.82, 2.24) is 9.62 Å². The van der Waals surface area contributed by atoms with E-state index in [9.17, 15) is 18.0 Å². The van der Waals surface area contributed by atoms with Crippen LogP contribution in [0, 0.1) is 0 Å². The molecule has 2 amide bonds. The highest BCUT2D eigenvalue weighted by Gasteiger charge is 2.31. The van der Waals surface area contributed by atoms with Crippen molar-refractivity contribution in [3.63, 3.8) is 0 Å². The summed E-state index contributed by atoms with van der Waals surface area (Å²) in [6.45, 7) is 1.85. The van der Waals surface area contributed by atoms with E-state index in [-0.39, 0.29) is 17.3 Å². The highest BCUT2D eigenvalue weighted by atomic mass is 32.2. The Labute approximate surface area is 213 Å². The summed E-state index contributed by atoms with van der Waals surface area (Å²) in [4.78, 5) is 27.7. The monoisotopic (exact) mass is 523 g/mol. The average Bonchev–Trinajstić information content (AvgIpc) is 3.57. The minimum atomic E-state index is -4.09. The van der Waals surface area contributed by atoms with Crippen molar-refractivity contribution in [2.24, 2.45) is 0 Å². The first-order valence-electron chi connectivity index (χ1n) is 11.1. The molecule has 0 spiro atoms. The van der Waals surface area contributed by atoms with E-state index in [1.165, 1.54) is 48.8 Å². The Morgan fingerprint density at radius 2 is 1.69 bits per heavy atom. The molecule has 2 aromatic heterocycles. The number of rotatable bonds is 10. The molecule has 2 heterocycles. The largest absolute Gasteiger partial charge is 0.467 e. The fourth-order valence-corrected chi connectivity index (χ4v) is 5.52. The van der Waals surface area contributed by atoms with E-state index in [1.807, 2.05) is 17.5 Å². The fraction of sp³-hybridized carbons (Fsp3) is 0.154. The zero-order valence-electron chi connectivity index (χ0n) is 19.5. The summed E-state index contributed by atoms with van der Waals surface area (Å²) in [5, 5.41) is 4.53. The lowest BCUT2D eigenvalue weighted by Crippen LogP contribution is -2.42. The van der Waals surface area contributed by atoms with Crippen molar-refractivity contribution in [2.45, 2.75) is 31.0 Å². The van der Waals surface area contributed by atoms with Crippen LogP contribution >= 0.6 is 11.3 Å². The molecule has 1 atom stereocenters. The fourth-order valence-electron chi connectivity index (χ4n) is 3.63. The van der Waals surface area contributed by atoms with Gasteiger partial charge in [-0.2, -0.15) is 4.72 Å². The molecular weight excluding hydrogens is 498 g/mol. The number of hydrogen-bond acceptors (Lipinski definition) is 6. The van der Waals surface area contributed by atoms with Crippen LogP contribution in [0.25, 0.3) is 0 Å². The SMILES string of the molecule is CC(=O)Nc1ccc(S(=O)(=O)N[C@H](C(=O)N(Cc2ccco2)Cc2cccs2)c2ccccc2)cc1. The van der Waals surface area contributed by atoms with E-state index in [0.717, 1.165) is 4.88 Å². The second-order valence-corrected chi connectivity index (χ2v) is 10.8. The molecule has 8 nitrogen and oxygen atoms in total. The smallest absolute Gasteiger partial charge is 0.246 e. The minimum absolute atomic E-state index is 0.0267. The lowest BCUT2D eigenvalue weighted by atomic mass is 10.1. The van der Waals surface area contributed by atoms with E-state index in [2.05, 4.69) is 10.0 Å². The van der Waals surface area contributed by atoms with Gasteiger partial charge in [-0.25, -0.2) is 8.42 Å². The van der Waals surface area contributed by atoms with E-state index in [0.29, 0.717) is 23.6 Å². The number of amides is 2. The lowest BCUT2D eigenvalue weighted by molar-refractivity contribution is -0.134. The highest BCUT2D eigenvalue weighted by molar-refractivity contribution is 7.89. The van der Waals surface area contributed by atoms with Crippen molar-refractivity contribution in [2.75, 3.05) is 5.32 Å². The second kappa shape index (κ2) is 11.3. The zero-order chi connectivity index (χ0) is 25.5.